The number of ether oxygens (including phenoxy) is 1. The molecule has 1 aromatic heterocycles. The third-order valence-corrected chi connectivity index (χ3v) is 7.14. The number of anilines is 2. The van der Waals surface area contributed by atoms with Crippen LogP contribution in [0.4, 0.5) is 11.4 Å². The van der Waals surface area contributed by atoms with Gasteiger partial charge in [0.25, 0.3) is 11.8 Å². The first kappa shape index (κ1) is 21.0. The second kappa shape index (κ2) is 8.49. The Bertz CT molecular complexity index is 1010. The lowest BCUT2D eigenvalue weighted by molar-refractivity contribution is -0.125. The highest BCUT2D eigenvalue weighted by molar-refractivity contribution is 9.11. The molecule has 158 valence electrons. The molecule has 2 fully saturated rings. The number of nitrogens with one attached hydrogen (secondary N) is 1. The Morgan fingerprint density at radius 1 is 1.23 bits per heavy atom. The summed E-state index contributed by atoms with van der Waals surface area (Å²) >= 11 is 4.73. The number of halogens is 1. The molecule has 0 saturated carbocycles. The number of benzene rings is 1. The Morgan fingerprint density at radius 3 is 2.70 bits per heavy atom. The molecule has 0 radical (unpaired) electrons. The Hall–Kier alpha value is -2.23. The molecule has 0 aliphatic carbocycles. The summed E-state index contributed by atoms with van der Waals surface area (Å²) < 4.78 is 6.09. The first-order chi connectivity index (χ1) is 14.3. The van der Waals surface area contributed by atoms with E-state index in [1.54, 1.807) is 15.9 Å². The van der Waals surface area contributed by atoms with E-state index >= 15 is 0 Å². The van der Waals surface area contributed by atoms with E-state index in [0.29, 0.717) is 24.6 Å². The molecule has 3 heterocycles. The van der Waals surface area contributed by atoms with E-state index < -0.39 is 0 Å². The molecule has 2 aliphatic rings. The summed E-state index contributed by atoms with van der Waals surface area (Å²) in [5.74, 6) is -0.582. The Labute approximate surface area is 187 Å². The van der Waals surface area contributed by atoms with Gasteiger partial charge in [-0.1, -0.05) is 6.92 Å². The smallest absolute Gasteiger partial charge is 0.261 e. The maximum absolute atomic E-state index is 12.9. The van der Waals surface area contributed by atoms with Gasteiger partial charge in [0, 0.05) is 24.5 Å². The number of hydrogen-bond acceptors (Lipinski definition) is 5. The van der Waals surface area contributed by atoms with E-state index in [2.05, 4.69) is 21.2 Å². The zero-order valence-electron chi connectivity index (χ0n) is 16.7. The van der Waals surface area contributed by atoms with Crippen LogP contribution in [-0.2, 0) is 14.3 Å². The molecule has 30 heavy (non-hydrogen) atoms. The van der Waals surface area contributed by atoms with Gasteiger partial charge in [-0.2, -0.15) is 0 Å². The maximum Gasteiger partial charge on any atom is 0.261 e. The number of aryl methyl sites for hydroxylation is 1. The van der Waals surface area contributed by atoms with Crippen LogP contribution in [0.25, 0.3) is 0 Å². The second-order valence-electron chi connectivity index (χ2n) is 7.49. The lowest BCUT2D eigenvalue weighted by Crippen LogP contribution is -2.42. The van der Waals surface area contributed by atoms with E-state index in [4.69, 9.17) is 4.74 Å². The van der Waals surface area contributed by atoms with Crippen LogP contribution in [0, 0.1) is 12.8 Å². The molecular weight excluding hydrogens is 470 g/mol. The van der Waals surface area contributed by atoms with E-state index in [-0.39, 0.29) is 36.3 Å². The number of nitrogens with zero attached hydrogens (tertiary/aromatic N) is 2. The van der Waals surface area contributed by atoms with Gasteiger partial charge in [-0.15, -0.1) is 11.3 Å². The summed E-state index contributed by atoms with van der Waals surface area (Å²) in [5.41, 5.74) is 2.52. The second-order valence-corrected chi connectivity index (χ2v) is 9.95. The summed E-state index contributed by atoms with van der Waals surface area (Å²) in [7, 11) is 0. The van der Waals surface area contributed by atoms with Crippen LogP contribution in [-0.4, -0.2) is 50.1 Å². The molecule has 2 aliphatic heterocycles. The van der Waals surface area contributed by atoms with Crippen molar-refractivity contribution in [1.29, 1.82) is 0 Å². The van der Waals surface area contributed by atoms with Gasteiger partial charge in [0.2, 0.25) is 5.91 Å². The van der Waals surface area contributed by atoms with Crippen molar-refractivity contribution in [3.05, 3.63) is 44.6 Å². The van der Waals surface area contributed by atoms with E-state index in [1.807, 2.05) is 38.1 Å². The number of hydrogen-bond donors (Lipinski definition) is 1. The summed E-state index contributed by atoms with van der Waals surface area (Å²) in [6.07, 6.45) is 0. The number of rotatable bonds is 4. The normalized spacial score (nSPS) is 22.0. The minimum atomic E-state index is -0.321. The van der Waals surface area contributed by atoms with E-state index in [9.17, 15) is 14.4 Å². The highest BCUT2D eigenvalue weighted by Crippen LogP contribution is 2.31. The number of carbonyl (C=O) groups excluding carboxylic acids is 3. The van der Waals surface area contributed by atoms with Crippen molar-refractivity contribution in [3.8, 4) is 0 Å². The molecule has 1 unspecified atom stereocenters. The van der Waals surface area contributed by atoms with Crippen LogP contribution in [0.5, 0.6) is 0 Å². The molecule has 3 amide bonds. The van der Waals surface area contributed by atoms with Crippen LogP contribution in [0.15, 0.2) is 34.1 Å². The zero-order valence-corrected chi connectivity index (χ0v) is 19.1. The molecule has 1 aromatic carbocycles. The van der Waals surface area contributed by atoms with E-state index in [0.717, 1.165) is 20.7 Å². The Kier molecular flexibility index (Phi) is 5.95. The van der Waals surface area contributed by atoms with Crippen molar-refractivity contribution < 1.29 is 19.1 Å². The lowest BCUT2D eigenvalue weighted by atomic mass is 10.1. The summed E-state index contributed by atoms with van der Waals surface area (Å²) in [5, 5.41) is 2.99. The standard InChI is InChI=1S/C21H22BrN3O4S/c1-12-9-14(3-4-16(12)24-7-8-29-11-19(24)26)25-10-15(13(2)21(25)28)23-20(27)17-5-6-18(22)30-17/h3-6,9,13,15H,7-8,10-11H2,1-2H3,(H,23,27)/t13-,15?/m1/s1. The minimum absolute atomic E-state index is 0.0257. The SMILES string of the molecule is Cc1cc(N2CC(NC(=O)c3ccc(Br)s3)[C@@H](C)C2=O)ccc1N1CCOCC1=O. The van der Waals surface area contributed by atoms with Crippen molar-refractivity contribution in [2.75, 3.05) is 36.1 Å². The molecule has 4 rings (SSSR count). The third kappa shape index (κ3) is 4.01. The van der Waals surface area contributed by atoms with Crippen LogP contribution in [0.1, 0.15) is 22.2 Å². The largest absolute Gasteiger partial charge is 0.370 e. The predicted molar refractivity (Wildman–Crippen MR) is 119 cm³/mol. The van der Waals surface area contributed by atoms with Crippen molar-refractivity contribution in [2.45, 2.75) is 19.9 Å². The summed E-state index contributed by atoms with van der Waals surface area (Å²) in [6, 6.07) is 8.98. The number of amides is 3. The molecule has 2 atom stereocenters. The van der Waals surface area contributed by atoms with Gasteiger partial charge in [-0.25, -0.2) is 0 Å². The fourth-order valence-electron chi connectivity index (χ4n) is 3.82. The molecule has 0 bridgehead atoms. The number of thiophene rings is 1. The van der Waals surface area contributed by atoms with Gasteiger partial charge in [0.15, 0.2) is 0 Å². The van der Waals surface area contributed by atoms with Crippen LogP contribution < -0.4 is 15.1 Å². The maximum atomic E-state index is 12.9. The number of morpholine rings is 1. The van der Waals surface area contributed by atoms with Gasteiger partial charge in [0.1, 0.15) is 6.61 Å². The topological polar surface area (TPSA) is 79.0 Å². The van der Waals surface area contributed by atoms with Crippen LogP contribution in [0.2, 0.25) is 0 Å². The minimum Gasteiger partial charge on any atom is -0.370 e. The van der Waals surface area contributed by atoms with Crippen LogP contribution in [0.3, 0.4) is 0 Å². The first-order valence-corrected chi connectivity index (χ1v) is 11.3. The summed E-state index contributed by atoms with van der Waals surface area (Å²) in [4.78, 5) is 41.6. The van der Waals surface area contributed by atoms with Gasteiger partial charge < -0.3 is 19.9 Å². The van der Waals surface area contributed by atoms with Crippen molar-refractivity contribution in [3.63, 3.8) is 0 Å². The molecule has 2 aromatic rings. The zero-order chi connectivity index (χ0) is 21.4. The lowest BCUT2D eigenvalue weighted by Gasteiger charge is -2.29. The van der Waals surface area contributed by atoms with E-state index in [1.165, 1.54) is 11.3 Å². The van der Waals surface area contributed by atoms with Crippen molar-refractivity contribution in [1.82, 2.24) is 5.32 Å². The van der Waals surface area contributed by atoms with Gasteiger partial charge in [-0.05, 0) is 58.7 Å². The third-order valence-electron chi connectivity index (χ3n) is 5.52. The predicted octanol–water partition coefficient (Wildman–Crippen LogP) is 2.96. The van der Waals surface area contributed by atoms with Crippen molar-refractivity contribution in [2.24, 2.45) is 5.92 Å². The van der Waals surface area contributed by atoms with Gasteiger partial charge in [0.05, 0.1) is 27.2 Å². The first-order valence-electron chi connectivity index (χ1n) is 9.71. The van der Waals surface area contributed by atoms with Gasteiger partial charge >= 0.3 is 0 Å². The fraction of sp³-hybridized carbons (Fsp3) is 0.381. The highest BCUT2D eigenvalue weighted by atomic mass is 79.9. The fourth-order valence-corrected chi connectivity index (χ4v) is 5.11. The average molecular weight is 492 g/mol. The Balaban J connectivity index is 1.50. The van der Waals surface area contributed by atoms with Gasteiger partial charge in [-0.3, -0.25) is 14.4 Å². The molecule has 0 spiro atoms. The average Bonchev–Trinajstić information content (AvgIpc) is 3.27. The quantitative estimate of drug-likeness (QED) is 0.712. The molecular formula is C21H22BrN3O4S. The van der Waals surface area contributed by atoms with Crippen LogP contribution >= 0.6 is 27.3 Å². The molecule has 2 saturated heterocycles. The Morgan fingerprint density at radius 2 is 2.03 bits per heavy atom. The molecule has 7 nitrogen and oxygen atoms in total. The van der Waals surface area contributed by atoms with Crippen molar-refractivity contribution >= 4 is 56.4 Å². The monoisotopic (exact) mass is 491 g/mol. The summed E-state index contributed by atoms with van der Waals surface area (Å²) in [6.45, 7) is 5.30. The molecule has 9 heteroatoms. The number of carbonyl (C=O) groups is 3. The molecule has 1 N–H and O–H groups in total. The highest BCUT2D eigenvalue weighted by Gasteiger charge is 2.39.